The molecule has 0 saturated heterocycles. The van der Waals surface area contributed by atoms with E-state index in [1.807, 2.05) is 18.2 Å². The van der Waals surface area contributed by atoms with E-state index in [1.54, 1.807) is 28.7 Å². The van der Waals surface area contributed by atoms with Crippen molar-refractivity contribution in [2.45, 2.75) is 57.8 Å². The third-order valence-corrected chi connectivity index (χ3v) is 12.2. The number of unbranched alkanes of at least 4 members (excludes halogenated alkanes) is 2. The summed E-state index contributed by atoms with van der Waals surface area (Å²) in [5.41, 5.74) is 10.5. The van der Waals surface area contributed by atoms with Crippen LogP contribution in [0, 0.1) is 22.7 Å². The monoisotopic (exact) mass is 685 g/mol. The molecule has 7 rings (SSSR count). The van der Waals surface area contributed by atoms with Crippen molar-refractivity contribution in [3.8, 4) is 43.5 Å². The molecule has 0 N–H and O–H groups in total. The van der Waals surface area contributed by atoms with Gasteiger partial charge in [-0.3, -0.25) is 0 Å². The molecule has 50 heavy (non-hydrogen) atoms. The Morgan fingerprint density at radius 3 is 1.80 bits per heavy atom. The largest absolute Gasteiger partial charge is 0.310 e. The summed E-state index contributed by atoms with van der Waals surface area (Å²) in [5.74, 6) is 0. The lowest BCUT2D eigenvalue weighted by molar-refractivity contribution is 0.414. The number of allylic oxidation sites excluding steroid dienone is 1. The minimum Gasteiger partial charge on any atom is -0.310 e. The molecular weight excluding hydrogens is 647 g/mol. The first kappa shape index (κ1) is 33.3. The number of rotatable bonds is 12. The summed E-state index contributed by atoms with van der Waals surface area (Å²) in [6.07, 6.45) is 8.59. The first-order valence-corrected chi connectivity index (χ1v) is 19.1. The van der Waals surface area contributed by atoms with Crippen LogP contribution in [0.2, 0.25) is 0 Å². The average Bonchev–Trinajstić information content (AvgIpc) is 3.91. The number of benzene rings is 4. The normalized spacial score (nSPS) is 12.4. The molecule has 246 valence electrons. The minimum atomic E-state index is -0.0595. The van der Waals surface area contributed by atoms with Crippen molar-refractivity contribution in [2.24, 2.45) is 0 Å². The zero-order valence-electron chi connectivity index (χ0n) is 28.5. The number of para-hydroxylation sites is 2. The van der Waals surface area contributed by atoms with Crippen LogP contribution in [0.4, 0.5) is 17.1 Å². The van der Waals surface area contributed by atoms with E-state index in [1.165, 1.54) is 56.1 Å². The molecule has 2 heterocycles. The molecule has 1 aliphatic rings. The first-order chi connectivity index (χ1) is 24.6. The van der Waals surface area contributed by atoms with E-state index in [0.717, 1.165) is 46.8 Å². The Morgan fingerprint density at radius 2 is 1.18 bits per heavy atom. The highest BCUT2D eigenvalue weighted by atomic mass is 32.1. The molecule has 0 spiro atoms. The Hall–Kier alpha value is -5.20. The summed E-state index contributed by atoms with van der Waals surface area (Å²) in [6.45, 7) is 4.62. The van der Waals surface area contributed by atoms with Crippen molar-refractivity contribution in [1.82, 2.24) is 0 Å². The van der Waals surface area contributed by atoms with Crippen LogP contribution >= 0.6 is 22.7 Å². The van der Waals surface area contributed by atoms with Crippen LogP contribution in [-0.2, 0) is 5.41 Å². The molecule has 0 saturated carbocycles. The molecule has 0 amide bonds. The number of thiophene rings is 2. The average molecular weight is 686 g/mol. The SMILES string of the molecule is CCCCC1(CCCC)c2cc(-c3ccc(-c4ccc(C=C(C#N)C#N)s4)s3)ccc2-c2ccc(N(c3ccccc3)c3ccccc3)cc21. The molecular formula is C45H39N3S2. The molecule has 6 aromatic rings. The lowest BCUT2D eigenvalue weighted by Gasteiger charge is -2.34. The summed E-state index contributed by atoms with van der Waals surface area (Å²) in [7, 11) is 0. The van der Waals surface area contributed by atoms with Gasteiger partial charge in [0.15, 0.2) is 0 Å². The minimum absolute atomic E-state index is 0.0595. The molecule has 0 aliphatic heterocycles. The fourth-order valence-electron chi connectivity index (χ4n) is 7.42. The van der Waals surface area contributed by atoms with Crippen LogP contribution < -0.4 is 4.90 Å². The van der Waals surface area contributed by atoms with Gasteiger partial charge >= 0.3 is 0 Å². The summed E-state index contributed by atoms with van der Waals surface area (Å²) >= 11 is 3.41. The van der Waals surface area contributed by atoms with Gasteiger partial charge in [0, 0.05) is 42.0 Å². The van der Waals surface area contributed by atoms with Gasteiger partial charge in [-0.15, -0.1) is 22.7 Å². The number of hydrogen-bond donors (Lipinski definition) is 0. The predicted molar refractivity (Wildman–Crippen MR) is 212 cm³/mol. The van der Waals surface area contributed by atoms with Crippen LogP contribution in [0.3, 0.4) is 0 Å². The molecule has 4 aromatic carbocycles. The van der Waals surface area contributed by atoms with Crippen molar-refractivity contribution >= 4 is 45.8 Å². The molecule has 1 aliphatic carbocycles. The van der Waals surface area contributed by atoms with Gasteiger partial charge in [-0.1, -0.05) is 94.1 Å². The maximum Gasteiger partial charge on any atom is 0.131 e. The van der Waals surface area contributed by atoms with Gasteiger partial charge < -0.3 is 4.90 Å². The molecule has 2 aromatic heterocycles. The molecule has 3 nitrogen and oxygen atoms in total. The van der Waals surface area contributed by atoms with Gasteiger partial charge in [0.05, 0.1) is 0 Å². The Kier molecular flexibility index (Phi) is 9.81. The highest BCUT2D eigenvalue weighted by Crippen LogP contribution is 2.56. The van der Waals surface area contributed by atoms with Gasteiger partial charge in [0.25, 0.3) is 0 Å². The quantitative estimate of drug-likeness (QED) is 0.120. The first-order valence-electron chi connectivity index (χ1n) is 17.5. The van der Waals surface area contributed by atoms with E-state index in [0.29, 0.717) is 0 Å². The zero-order chi connectivity index (χ0) is 34.5. The molecule has 0 fully saturated rings. The summed E-state index contributed by atoms with van der Waals surface area (Å²) in [5, 5.41) is 18.4. The molecule has 0 atom stereocenters. The highest BCUT2D eigenvalue weighted by Gasteiger charge is 2.42. The van der Waals surface area contributed by atoms with Gasteiger partial charge in [0.1, 0.15) is 17.7 Å². The van der Waals surface area contributed by atoms with Crippen molar-refractivity contribution in [2.75, 3.05) is 4.90 Å². The summed E-state index contributed by atoms with van der Waals surface area (Å²) in [6, 6.07) is 48.2. The molecule has 0 radical (unpaired) electrons. The van der Waals surface area contributed by atoms with Gasteiger partial charge in [-0.2, -0.15) is 10.5 Å². The van der Waals surface area contributed by atoms with Gasteiger partial charge in [-0.05, 0) is 113 Å². The maximum absolute atomic E-state index is 9.19. The fraction of sp³-hybridized carbons (Fsp3) is 0.200. The Balaban J connectivity index is 1.32. The van der Waals surface area contributed by atoms with Gasteiger partial charge in [-0.25, -0.2) is 0 Å². The van der Waals surface area contributed by atoms with Crippen LogP contribution in [0.25, 0.3) is 37.4 Å². The topological polar surface area (TPSA) is 50.8 Å². The number of fused-ring (bicyclic) bond motifs is 3. The van der Waals surface area contributed by atoms with Crippen molar-refractivity contribution < 1.29 is 0 Å². The van der Waals surface area contributed by atoms with Crippen LogP contribution in [0.5, 0.6) is 0 Å². The zero-order valence-corrected chi connectivity index (χ0v) is 30.2. The smallest absolute Gasteiger partial charge is 0.131 e. The number of hydrogen-bond acceptors (Lipinski definition) is 5. The van der Waals surface area contributed by atoms with Crippen LogP contribution in [0.1, 0.15) is 68.4 Å². The van der Waals surface area contributed by atoms with E-state index in [9.17, 15) is 10.5 Å². The second-order valence-electron chi connectivity index (χ2n) is 12.9. The molecule has 0 bridgehead atoms. The van der Waals surface area contributed by atoms with Crippen LogP contribution in [-0.4, -0.2) is 0 Å². The second kappa shape index (κ2) is 14.7. The summed E-state index contributed by atoms with van der Waals surface area (Å²) < 4.78 is 0. The highest BCUT2D eigenvalue weighted by molar-refractivity contribution is 7.24. The van der Waals surface area contributed by atoms with E-state index in [2.05, 4.69) is 134 Å². The van der Waals surface area contributed by atoms with Crippen molar-refractivity contribution in [1.29, 1.82) is 10.5 Å². The number of nitriles is 2. The third kappa shape index (κ3) is 6.32. The maximum atomic E-state index is 9.19. The van der Waals surface area contributed by atoms with Gasteiger partial charge in [0.2, 0.25) is 0 Å². The van der Waals surface area contributed by atoms with E-state index < -0.39 is 0 Å². The fourth-order valence-corrected chi connectivity index (χ4v) is 9.46. The number of anilines is 3. The number of nitrogens with zero attached hydrogens (tertiary/aromatic N) is 3. The molecule has 5 heteroatoms. The van der Waals surface area contributed by atoms with E-state index >= 15 is 0 Å². The third-order valence-electron chi connectivity index (χ3n) is 9.83. The molecule has 0 unspecified atom stereocenters. The van der Waals surface area contributed by atoms with Crippen LogP contribution in [0.15, 0.2) is 127 Å². The van der Waals surface area contributed by atoms with Crippen molar-refractivity contribution in [3.05, 3.63) is 143 Å². The lowest BCUT2D eigenvalue weighted by atomic mass is 9.70. The standard InChI is InChI=1S/C45H39N3S2/c1-3-5-25-45(26-6-4-2)40-28-33(42-23-24-44(50-42)43-22-19-37(49-43)27-32(30-46)31-47)17-20-38(40)39-21-18-36(29-41(39)45)48(34-13-9-7-10-14-34)35-15-11-8-12-16-35/h7-24,27-29H,3-6,25-26H2,1-2H3. The van der Waals surface area contributed by atoms with E-state index in [-0.39, 0.29) is 11.0 Å². The van der Waals surface area contributed by atoms with E-state index in [4.69, 9.17) is 0 Å². The Labute approximate surface area is 304 Å². The van der Waals surface area contributed by atoms with Crippen molar-refractivity contribution in [3.63, 3.8) is 0 Å². The summed E-state index contributed by atoms with van der Waals surface area (Å²) in [4.78, 5) is 6.89. The predicted octanol–water partition coefficient (Wildman–Crippen LogP) is 13.7. The second-order valence-corrected chi connectivity index (χ2v) is 15.1. The Morgan fingerprint density at radius 1 is 0.620 bits per heavy atom. The Bertz CT molecular complexity index is 2160. The lowest BCUT2D eigenvalue weighted by Crippen LogP contribution is -2.26.